The number of carboxylic acid groups (broad SMARTS) is 1. The molecule has 1 aliphatic rings. The second-order valence-electron chi connectivity index (χ2n) is 4.53. The van der Waals surface area contributed by atoms with Crippen molar-refractivity contribution in [2.75, 3.05) is 11.4 Å². The molecule has 0 radical (unpaired) electrons. The number of hydrogen-bond donors (Lipinski definition) is 2. The molecule has 7 heteroatoms. The molecule has 2 amide bonds. The van der Waals surface area contributed by atoms with Gasteiger partial charge in [-0.1, -0.05) is 6.07 Å². The van der Waals surface area contributed by atoms with Gasteiger partial charge in [-0.2, -0.15) is 0 Å². The summed E-state index contributed by atoms with van der Waals surface area (Å²) >= 11 is 0. The zero-order valence-electron chi connectivity index (χ0n) is 10.6. The monoisotopic (exact) mass is 284 g/mol. The predicted molar refractivity (Wildman–Crippen MR) is 67.5 cm³/mol. The van der Waals surface area contributed by atoms with E-state index < -0.39 is 35.4 Å². The Labute approximate surface area is 114 Å². The Morgan fingerprint density at radius 1 is 1.35 bits per heavy atom. The molecule has 1 fully saturated rings. The van der Waals surface area contributed by atoms with Gasteiger partial charge in [0.15, 0.2) is 11.6 Å². The molecule has 1 saturated heterocycles. The standard InChI is InChI=1S/C13H14F2N2O3/c14-8-4-3-6-9(11(8)15)17(13(19)20)10-5-1-2-7-16-12(10)18/h3-4,6,10H,1-2,5,7H2,(H,16,18)(H,19,20). The Kier molecular flexibility index (Phi) is 4.16. The highest BCUT2D eigenvalue weighted by atomic mass is 19.2. The van der Waals surface area contributed by atoms with Crippen LogP contribution < -0.4 is 10.2 Å². The lowest BCUT2D eigenvalue weighted by Gasteiger charge is -2.27. The number of nitrogens with zero attached hydrogens (tertiary/aromatic N) is 1. The van der Waals surface area contributed by atoms with Crippen LogP contribution in [0.25, 0.3) is 0 Å². The van der Waals surface area contributed by atoms with E-state index in [0.717, 1.165) is 18.6 Å². The van der Waals surface area contributed by atoms with E-state index in [4.69, 9.17) is 0 Å². The average Bonchev–Trinajstić information content (AvgIpc) is 2.60. The van der Waals surface area contributed by atoms with E-state index in [-0.39, 0.29) is 6.42 Å². The van der Waals surface area contributed by atoms with Gasteiger partial charge >= 0.3 is 6.09 Å². The first-order valence-corrected chi connectivity index (χ1v) is 6.26. The number of carbonyl (C=O) groups is 2. The molecule has 0 bridgehead atoms. The molecule has 0 aliphatic carbocycles. The van der Waals surface area contributed by atoms with Gasteiger partial charge in [0.05, 0.1) is 5.69 Å². The van der Waals surface area contributed by atoms with Crippen LogP contribution in [0.4, 0.5) is 19.3 Å². The summed E-state index contributed by atoms with van der Waals surface area (Å²) in [5.41, 5.74) is -0.445. The average molecular weight is 284 g/mol. The third-order valence-corrected chi connectivity index (χ3v) is 3.21. The number of rotatable bonds is 2. The highest BCUT2D eigenvalue weighted by Crippen LogP contribution is 2.26. The number of amides is 2. The Morgan fingerprint density at radius 3 is 2.80 bits per heavy atom. The molecule has 1 aromatic carbocycles. The van der Waals surface area contributed by atoms with E-state index in [1.165, 1.54) is 6.07 Å². The van der Waals surface area contributed by atoms with Crippen molar-refractivity contribution < 1.29 is 23.5 Å². The van der Waals surface area contributed by atoms with Crippen LogP contribution in [0.15, 0.2) is 18.2 Å². The number of hydrogen-bond acceptors (Lipinski definition) is 2. The molecule has 0 aromatic heterocycles. The highest BCUT2D eigenvalue weighted by Gasteiger charge is 2.34. The van der Waals surface area contributed by atoms with E-state index >= 15 is 0 Å². The second-order valence-corrected chi connectivity index (χ2v) is 4.53. The van der Waals surface area contributed by atoms with Crippen molar-refractivity contribution in [1.29, 1.82) is 0 Å². The van der Waals surface area contributed by atoms with E-state index in [9.17, 15) is 23.5 Å². The largest absolute Gasteiger partial charge is 0.465 e. The number of nitrogens with one attached hydrogen (secondary N) is 1. The summed E-state index contributed by atoms with van der Waals surface area (Å²) in [5, 5.41) is 11.8. The molecule has 2 rings (SSSR count). The van der Waals surface area contributed by atoms with Gasteiger partial charge < -0.3 is 10.4 Å². The van der Waals surface area contributed by atoms with Crippen LogP contribution in [0.2, 0.25) is 0 Å². The summed E-state index contributed by atoms with van der Waals surface area (Å²) in [6, 6.07) is 2.20. The summed E-state index contributed by atoms with van der Waals surface area (Å²) in [6.07, 6.45) is 0.135. The van der Waals surface area contributed by atoms with Crippen molar-refractivity contribution >= 4 is 17.7 Å². The lowest BCUT2D eigenvalue weighted by atomic mass is 10.1. The highest BCUT2D eigenvalue weighted by molar-refractivity contribution is 5.96. The Hall–Kier alpha value is -2.18. The SMILES string of the molecule is O=C1NCCCCC1N(C(=O)O)c1cccc(F)c1F. The lowest BCUT2D eigenvalue weighted by Crippen LogP contribution is -2.49. The van der Waals surface area contributed by atoms with E-state index in [1.807, 2.05) is 0 Å². The number of carbonyl (C=O) groups excluding carboxylic acids is 1. The molecule has 1 aliphatic heterocycles. The van der Waals surface area contributed by atoms with Crippen molar-refractivity contribution in [2.24, 2.45) is 0 Å². The first kappa shape index (κ1) is 14.2. The van der Waals surface area contributed by atoms with Crippen molar-refractivity contribution in [3.05, 3.63) is 29.8 Å². The van der Waals surface area contributed by atoms with Crippen molar-refractivity contribution in [1.82, 2.24) is 5.32 Å². The summed E-state index contributed by atoms with van der Waals surface area (Å²) in [5.74, 6) is -2.91. The van der Waals surface area contributed by atoms with Crippen LogP contribution in [0.3, 0.4) is 0 Å². The second kappa shape index (κ2) is 5.85. The first-order valence-electron chi connectivity index (χ1n) is 6.26. The zero-order chi connectivity index (χ0) is 14.7. The molecule has 20 heavy (non-hydrogen) atoms. The lowest BCUT2D eigenvalue weighted by molar-refractivity contribution is -0.122. The minimum absolute atomic E-state index is 0.272. The molecule has 1 unspecified atom stereocenters. The molecule has 0 spiro atoms. The molecular weight excluding hydrogens is 270 g/mol. The van der Waals surface area contributed by atoms with Gasteiger partial charge in [0, 0.05) is 6.54 Å². The molecular formula is C13H14F2N2O3. The number of benzene rings is 1. The van der Waals surface area contributed by atoms with Gasteiger partial charge in [-0.05, 0) is 31.4 Å². The minimum atomic E-state index is -1.49. The Balaban J connectivity index is 2.42. The maximum Gasteiger partial charge on any atom is 0.412 e. The fraction of sp³-hybridized carbons (Fsp3) is 0.385. The zero-order valence-corrected chi connectivity index (χ0v) is 10.6. The third kappa shape index (κ3) is 2.71. The van der Waals surface area contributed by atoms with Gasteiger partial charge in [-0.15, -0.1) is 0 Å². The van der Waals surface area contributed by atoms with E-state index in [2.05, 4.69) is 5.32 Å². The molecule has 1 atom stereocenters. The minimum Gasteiger partial charge on any atom is -0.465 e. The van der Waals surface area contributed by atoms with E-state index in [0.29, 0.717) is 17.9 Å². The van der Waals surface area contributed by atoms with E-state index in [1.54, 1.807) is 0 Å². The van der Waals surface area contributed by atoms with Gasteiger partial charge in [-0.3, -0.25) is 9.69 Å². The van der Waals surface area contributed by atoms with Crippen LogP contribution in [-0.4, -0.2) is 29.7 Å². The first-order chi connectivity index (χ1) is 9.52. The number of anilines is 1. The third-order valence-electron chi connectivity index (χ3n) is 3.21. The summed E-state index contributed by atoms with van der Waals surface area (Å²) in [6.45, 7) is 0.453. The smallest absolute Gasteiger partial charge is 0.412 e. The number of halogens is 2. The van der Waals surface area contributed by atoms with Crippen molar-refractivity contribution in [2.45, 2.75) is 25.3 Å². The summed E-state index contributed by atoms with van der Waals surface area (Å²) < 4.78 is 27.0. The van der Waals surface area contributed by atoms with Gasteiger partial charge in [0.2, 0.25) is 5.91 Å². The summed E-state index contributed by atoms with van der Waals surface area (Å²) in [4.78, 5) is 23.9. The quantitative estimate of drug-likeness (QED) is 0.874. The van der Waals surface area contributed by atoms with Crippen LogP contribution in [-0.2, 0) is 4.79 Å². The normalized spacial score (nSPS) is 19.1. The van der Waals surface area contributed by atoms with Crippen molar-refractivity contribution in [3.8, 4) is 0 Å². The fourth-order valence-electron chi connectivity index (χ4n) is 2.25. The molecule has 108 valence electrons. The van der Waals surface area contributed by atoms with Gasteiger partial charge in [0.1, 0.15) is 6.04 Å². The topological polar surface area (TPSA) is 69.6 Å². The molecule has 2 N–H and O–H groups in total. The predicted octanol–water partition coefficient (Wildman–Crippen LogP) is 2.12. The Morgan fingerprint density at radius 2 is 2.10 bits per heavy atom. The maximum atomic E-state index is 13.8. The molecule has 1 aromatic rings. The van der Waals surface area contributed by atoms with Crippen LogP contribution in [0.5, 0.6) is 0 Å². The molecule has 1 heterocycles. The maximum absolute atomic E-state index is 13.8. The van der Waals surface area contributed by atoms with Gasteiger partial charge in [0.25, 0.3) is 0 Å². The van der Waals surface area contributed by atoms with Gasteiger partial charge in [-0.25, -0.2) is 13.6 Å². The van der Waals surface area contributed by atoms with Crippen LogP contribution >= 0.6 is 0 Å². The van der Waals surface area contributed by atoms with Crippen LogP contribution in [0.1, 0.15) is 19.3 Å². The summed E-state index contributed by atoms with van der Waals surface area (Å²) in [7, 11) is 0. The van der Waals surface area contributed by atoms with Crippen LogP contribution in [0, 0.1) is 11.6 Å². The Bertz CT molecular complexity index is 536. The molecule has 5 nitrogen and oxygen atoms in total. The fourth-order valence-corrected chi connectivity index (χ4v) is 2.25. The molecule has 0 saturated carbocycles. The van der Waals surface area contributed by atoms with Crippen molar-refractivity contribution in [3.63, 3.8) is 0 Å².